The zero-order valence-corrected chi connectivity index (χ0v) is 16.4. The van der Waals surface area contributed by atoms with E-state index in [9.17, 15) is 26.4 Å². The van der Waals surface area contributed by atoms with Gasteiger partial charge in [0.25, 0.3) is 5.91 Å². The molecule has 1 atom stereocenters. The lowest BCUT2D eigenvalue weighted by atomic mass is 9.96. The molecule has 1 aliphatic carbocycles. The molecule has 1 amide bonds. The van der Waals surface area contributed by atoms with E-state index in [1.807, 2.05) is 30.3 Å². The van der Waals surface area contributed by atoms with Crippen LogP contribution in [0.3, 0.4) is 0 Å². The summed E-state index contributed by atoms with van der Waals surface area (Å²) in [6.07, 6.45) is 3.32. The SMILES string of the molecule is O=C(c1ccc(C2CC2)c2ccccc12)N1CCC[C@H]1CNS(=O)(=O)C(F)(F)F. The predicted molar refractivity (Wildman–Crippen MR) is 103 cm³/mol. The molecule has 4 rings (SSSR count). The Morgan fingerprint density at radius 2 is 1.76 bits per heavy atom. The van der Waals surface area contributed by atoms with E-state index in [0.29, 0.717) is 30.9 Å². The predicted octanol–water partition coefficient (Wildman–Crippen LogP) is 3.76. The van der Waals surface area contributed by atoms with Crippen LogP contribution in [-0.4, -0.2) is 43.9 Å². The second-order valence-electron chi connectivity index (χ2n) is 7.61. The molecule has 1 aliphatic heterocycles. The molecule has 2 aliphatic rings. The van der Waals surface area contributed by atoms with Crippen LogP contribution in [0.2, 0.25) is 0 Å². The fourth-order valence-electron chi connectivity index (χ4n) is 4.02. The van der Waals surface area contributed by atoms with E-state index in [0.717, 1.165) is 23.6 Å². The maximum Gasteiger partial charge on any atom is 0.511 e. The highest BCUT2D eigenvalue weighted by molar-refractivity contribution is 7.90. The molecule has 5 nitrogen and oxygen atoms in total. The first kappa shape index (κ1) is 20.2. The van der Waals surface area contributed by atoms with Gasteiger partial charge in [-0.25, -0.2) is 13.1 Å². The lowest BCUT2D eigenvalue weighted by Crippen LogP contribution is -2.46. The number of nitrogens with one attached hydrogen (secondary N) is 1. The molecule has 156 valence electrons. The third-order valence-corrected chi connectivity index (χ3v) is 6.81. The van der Waals surface area contributed by atoms with Crippen molar-refractivity contribution in [2.45, 2.75) is 43.2 Å². The number of carbonyl (C=O) groups excluding carboxylic acids is 1. The van der Waals surface area contributed by atoms with Gasteiger partial charge in [0, 0.05) is 24.7 Å². The first-order chi connectivity index (χ1) is 13.7. The van der Waals surface area contributed by atoms with Crippen LogP contribution in [0.15, 0.2) is 36.4 Å². The smallest absolute Gasteiger partial charge is 0.334 e. The van der Waals surface area contributed by atoms with E-state index >= 15 is 0 Å². The van der Waals surface area contributed by atoms with Gasteiger partial charge in [0.15, 0.2) is 0 Å². The number of carbonyl (C=O) groups is 1. The number of fused-ring (bicyclic) bond motifs is 1. The van der Waals surface area contributed by atoms with Crippen molar-refractivity contribution < 1.29 is 26.4 Å². The summed E-state index contributed by atoms with van der Waals surface area (Å²) in [5.74, 6) is 0.234. The number of benzene rings is 2. The van der Waals surface area contributed by atoms with Crippen LogP contribution in [0.4, 0.5) is 13.2 Å². The van der Waals surface area contributed by atoms with Crippen molar-refractivity contribution in [1.82, 2.24) is 9.62 Å². The van der Waals surface area contributed by atoms with Crippen molar-refractivity contribution in [2.24, 2.45) is 0 Å². The topological polar surface area (TPSA) is 66.5 Å². The van der Waals surface area contributed by atoms with Gasteiger partial charge in [0.1, 0.15) is 0 Å². The van der Waals surface area contributed by atoms with Gasteiger partial charge >= 0.3 is 15.5 Å². The molecule has 2 aromatic carbocycles. The molecule has 2 aromatic rings. The van der Waals surface area contributed by atoms with Crippen LogP contribution in [-0.2, 0) is 10.0 Å². The summed E-state index contributed by atoms with van der Waals surface area (Å²) in [7, 11) is -5.43. The summed E-state index contributed by atoms with van der Waals surface area (Å²) in [4.78, 5) is 14.7. The first-order valence-corrected chi connectivity index (χ1v) is 11.1. The summed E-state index contributed by atoms with van der Waals surface area (Å²) in [6, 6.07) is 10.8. The fourth-order valence-corrected chi connectivity index (χ4v) is 4.59. The van der Waals surface area contributed by atoms with Crippen LogP contribution >= 0.6 is 0 Å². The van der Waals surface area contributed by atoms with Gasteiger partial charge in [0.05, 0.1) is 0 Å². The number of halogens is 3. The van der Waals surface area contributed by atoms with Gasteiger partial charge in [-0.05, 0) is 54.0 Å². The standard InChI is InChI=1S/C20H21F3N2O3S/c21-20(22,23)29(27,28)24-12-14-4-3-11-25(14)19(26)18-10-9-15(13-7-8-13)16-5-1-2-6-17(16)18/h1-2,5-6,9-10,13-14,24H,3-4,7-8,11-12H2/t14-/m0/s1. The van der Waals surface area contributed by atoms with Crippen molar-refractivity contribution in [3.05, 3.63) is 47.5 Å². The average Bonchev–Trinajstić information content (AvgIpc) is 3.41. The van der Waals surface area contributed by atoms with Crippen LogP contribution in [0, 0.1) is 0 Å². The van der Waals surface area contributed by atoms with Crippen molar-refractivity contribution in [2.75, 3.05) is 13.1 Å². The van der Waals surface area contributed by atoms with Crippen molar-refractivity contribution >= 4 is 26.7 Å². The molecule has 9 heteroatoms. The van der Waals surface area contributed by atoms with Crippen LogP contribution < -0.4 is 4.72 Å². The number of nitrogens with zero attached hydrogens (tertiary/aromatic N) is 1. The number of hydrogen-bond donors (Lipinski definition) is 1. The summed E-state index contributed by atoms with van der Waals surface area (Å²) in [5.41, 5.74) is -3.65. The summed E-state index contributed by atoms with van der Waals surface area (Å²) in [6.45, 7) is -0.0678. The maximum atomic E-state index is 13.2. The Morgan fingerprint density at radius 3 is 2.41 bits per heavy atom. The number of sulfonamides is 1. The molecule has 0 unspecified atom stereocenters. The molecule has 0 bridgehead atoms. The molecule has 1 saturated carbocycles. The van der Waals surface area contributed by atoms with E-state index in [1.165, 1.54) is 10.5 Å². The van der Waals surface area contributed by atoms with E-state index in [1.54, 1.807) is 10.8 Å². The van der Waals surface area contributed by atoms with E-state index < -0.39 is 28.1 Å². The van der Waals surface area contributed by atoms with Gasteiger partial charge in [-0.1, -0.05) is 30.3 Å². The zero-order valence-electron chi connectivity index (χ0n) is 15.6. The molecular formula is C20H21F3N2O3S. The second-order valence-corrected chi connectivity index (χ2v) is 9.37. The number of likely N-dealkylation sites (tertiary alicyclic amines) is 1. The first-order valence-electron chi connectivity index (χ1n) is 9.57. The Kier molecular flexibility index (Phi) is 5.06. The number of rotatable bonds is 5. The molecular weight excluding hydrogens is 405 g/mol. The third-order valence-electron chi connectivity index (χ3n) is 5.66. The minimum absolute atomic E-state index is 0.280. The van der Waals surface area contributed by atoms with Gasteiger partial charge in [-0.2, -0.15) is 13.2 Å². The lowest BCUT2D eigenvalue weighted by Gasteiger charge is -2.26. The Balaban J connectivity index is 1.58. The second kappa shape index (κ2) is 7.28. The summed E-state index contributed by atoms with van der Waals surface area (Å²) in [5, 5.41) is 1.85. The highest BCUT2D eigenvalue weighted by Crippen LogP contribution is 2.43. The zero-order chi connectivity index (χ0) is 20.8. The summed E-state index contributed by atoms with van der Waals surface area (Å²) < 4.78 is 61.9. The van der Waals surface area contributed by atoms with Gasteiger partial charge in [-0.15, -0.1) is 0 Å². The average molecular weight is 426 g/mol. The molecule has 1 heterocycles. The molecule has 0 spiro atoms. The van der Waals surface area contributed by atoms with Crippen molar-refractivity contribution in [1.29, 1.82) is 0 Å². The molecule has 0 radical (unpaired) electrons. The quantitative estimate of drug-likeness (QED) is 0.792. The van der Waals surface area contributed by atoms with Crippen LogP contribution in [0.25, 0.3) is 10.8 Å². The third kappa shape index (κ3) is 3.85. The normalized spacial score (nSPS) is 20.4. The van der Waals surface area contributed by atoms with Gasteiger partial charge in [0.2, 0.25) is 0 Å². The van der Waals surface area contributed by atoms with Crippen molar-refractivity contribution in [3.63, 3.8) is 0 Å². The Labute approximate surface area is 166 Å². The largest absolute Gasteiger partial charge is 0.511 e. The number of hydrogen-bond acceptors (Lipinski definition) is 3. The minimum atomic E-state index is -5.43. The van der Waals surface area contributed by atoms with Crippen molar-refractivity contribution in [3.8, 4) is 0 Å². The number of amides is 1. The highest BCUT2D eigenvalue weighted by atomic mass is 32.2. The molecule has 1 saturated heterocycles. The van der Waals surface area contributed by atoms with E-state index in [-0.39, 0.29) is 5.91 Å². The number of alkyl halides is 3. The minimum Gasteiger partial charge on any atom is -0.334 e. The van der Waals surface area contributed by atoms with E-state index in [2.05, 4.69) is 0 Å². The van der Waals surface area contributed by atoms with E-state index in [4.69, 9.17) is 0 Å². The van der Waals surface area contributed by atoms with Gasteiger partial charge in [-0.3, -0.25) is 4.79 Å². The lowest BCUT2D eigenvalue weighted by molar-refractivity contribution is -0.0448. The Bertz CT molecular complexity index is 1050. The molecule has 1 N–H and O–H groups in total. The fraction of sp³-hybridized carbons (Fsp3) is 0.450. The van der Waals surface area contributed by atoms with Crippen LogP contribution in [0.1, 0.15) is 47.5 Å². The monoisotopic (exact) mass is 426 g/mol. The van der Waals surface area contributed by atoms with Gasteiger partial charge < -0.3 is 4.90 Å². The molecule has 0 aromatic heterocycles. The van der Waals surface area contributed by atoms with Crippen LogP contribution in [0.5, 0.6) is 0 Å². The Morgan fingerprint density at radius 1 is 1.07 bits per heavy atom. The molecule has 29 heavy (non-hydrogen) atoms. The Hall–Kier alpha value is -2.13. The maximum absolute atomic E-state index is 13.2. The highest BCUT2D eigenvalue weighted by Gasteiger charge is 2.46. The summed E-state index contributed by atoms with van der Waals surface area (Å²) >= 11 is 0. The molecule has 2 fully saturated rings.